The van der Waals surface area contributed by atoms with Gasteiger partial charge in [-0.1, -0.05) is 6.92 Å². The van der Waals surface area contributed by atoms with Crippen LogP contribution in [0, 0.1) is 5.41 Å². The molecule has 3 aromatic heterocycles. The summed E-state index contributed by atoms with van der Waals surface area (Å²) in [5.74, 6) is 0.581. The number of aromatic nitrogens is 4. The maximum absolute atomic E-state index is 12.1. The Hall–Kier alpha value is -3.33. The molecule has 160 valence electrons. The van der Waals surface area contributed by atoms with Gasteiger partial charge in [0, 0.05) is 56.9 Å². The molecule has 0 bridgehead atoms. The highest BCUT2D eigenvalue weighted by Crippen LogP contribution is 2.41. The molecule has 2 aliphatic heterocycles. The fourth-order valence-electron chi connectivity index (χ4n) is 4.66. The quantitative estimate of drug-likeness (QED) is 0.634. The molecule has 2 N–H and O–H groups in total. The van der Waals surface area contributed by atoms with Gasteiger partial charge in [0.15, 0.2) is 11.5 Å². The van der Waals surface area contributed by atoms with Gasteiger partial charge in [-0.3, -0.25) is 19.5 Å². The van der Waals surface area contributed by atoms with Crippen molar-refractivity contribution in [1.29, 1.82) is 0 Å². The number of amides is 1. The van der Waals surface area contributed by atoms with E-state index in [9.17, 15) is 9.59 Å². The SMILES string of the molecule is CCc1cc2ncc(CN3CC4(C3)CN(c3ccc(C(=O)NC)nn3)C4)cc2[nH]c1=O. The van der Waals surface area contributed by atoms with E-state index in [1.807, 2.05) is 31.3 Å². The standard InChI is InChI=1S/C22H25N7O2/c1-3-15-7-17-18(25-20(15)30)6-14(8-24-17)9-28-10-22(11-28)12-29(13-22)19-5-4-16(26-27-19)21(31)23-2/h4-8H,3,9-13H2,1-2H3,(H,23,31)(H,25,30). The van der Waals surface area contributed by atoms with Gasteiger partial charge < -0.3 is 15.2 Å². The Balaban J connectivity index is 1.17. The molecule has 0 unspecified atom stereocenters. The summed E-state index contributed by atoms with van der Waals surface area (Å²) in [6.45, 7) is 6.73. The van der Waals surface area contributed by atoms with E-state index < -0.39 is 0 Å². The third-order valence-electron chi connectivity index (χ3n) is 6.22. The molecule has 0 aromatic carbocycles. The molecule has 1 amide bonds. The van der Waals surface area contributed by atoms with E-state index in [1.54, 1.807) is 13.1 Å². The number of pyridine rings is 2. The molecule has 9 nitrogen and oxygen atoms in total. The minimum absolute atomic E-state index is 0.0298. The second-order valence-corrected chi connectivity index (χ2v) is 8.61. The monoisotopic (exact) mass is 419 g/mol. The number of H-pyrrole nitrogens is 1. The third-order valence-corrected chi connectivity index (χ3v) is 6.22. The first-order valence-electron chi connectivity index (χ1n) is 10.5. The number of likely N-dealkylation sites (tertiary alicyclic amines) is 1. The maximum atomic E-state index is 12.1. The van der Waals surface area contributed by atoms with Crippen LogP contribution in [0.5, 0.6) is 0 Å². The minimum Gasteiger partial charge on any atom is -0.354 e. The zero-order chi connectivity index (χ0) is 21.6. The number of hydrogen-bond acceptors (Lipinski definition) is 7. The molecular formula is C22H25N7O2. The first-order valence-corrected chi connectivity index (χ1v) is 10.5. The summed E-state index contributed by atoms with van der Waals surface area (Å²) < 4.78 is 0. The van der Waals surface area contributed by atoms with E-state index in [0.717, 1.165) is 60.7 Å². The summed E-state index contributed by atoms with van der Waals surface area (Å²) >= 11 is 0. The van der Waals surface area contributed by atoms with Crippen LogP contribution < -0.4 is 15.8 Å². The molecule has 0 aliphatic carbocycles. The van der Waals surface area contributed by atoms with Crippen molar-refractivity contribution < 1.29 is 4.79 Å². The van der Waals surface area contributed by atoms with Crippen molar-refractivity contribution in [2.24, 2.45) is 5.41 Å². The lowest BCUT2D eigenvalue weighted by Crippen LogP contribution is -2.72. The van der Waals surface area contributed by atoms with Gasteiger partial charge in [0.2, 0.25) is 0 Å². The maximum Gasteiger partial charge on any atom is 0.271 e. The smallest absolute Gasteiger partial charge is 0.271 e. The summed E-state index contributed by atoms with van der Waals surface area (Å²) in [6.07, 6.45) is 2.60. The molecule has 5 rings (SSSR count). The van der Waals surface area contributed by atoms with Crippen LogP contribution in [-0.4, -0.2) is 64.2 Å². The number of nitrogens with one attached hydrogen (secondary N) is 2. The van der Waals surface area contributed by atoms with Crippen molar-refractivity contribution in [2.75, 3.05) is 38.1 Å². The summed E-state index contributed by atoms with van der Waals surface area (Å²) in [6, 6.07) is 7.47. The number of fused-ring (bicyclic) bond motifs is 1. The first-order chi connectivity index (χ1) is 15.0. The van der Waals surface area contributed by atoms with Gasteiger partial charge in [0.05, 0.1) is 11.0 Å². The zero-order valence-electron chi connectivity index (χ0n) is 17.7. The van der Waals surface area contributed by atoms with E-state index in [0.29, 0.717) is 17.5 Å². The number of hydrogen-bond donors (Lipinski definition) is 2. The Bertz CT molecular complexity index is 1190. The largest absolute Gasteiger partial charge is 0.354 e. The van der Waals surface area contributed by atoms with Gasteiger partial charge in [-0.2, -0.15) is 0 Å². The van der Waals surface area contributed by atoms with Crippen LogP contribution in [0.4, 0.5) is 5.82 Å². The molecule has 2 fully saturated rings. The van der Waals surface area contributed by atoms with Crippen molar-refractivity contribution in [3.63, 3.8) is 0 Å². The average molecular weight is 419 g/mol. The highest BCUT2D eigenvalue weighted by molar-refractivity contribution is 5.91. The highest BCUT2D eigenvalue weighted by Gasteiger charge is 2.51. The second kappa shape index (κ2) is 7.42. The Morgan fingerprint density at radius 1 is 1.19 bits per heavy atom. The van der Waals surface area contributed by atoms with Crippen LogP contribution in [0.3, 0.4) is 0 Å². The van der Waals surface area contributed by atoms with Crippen LogP contribution in [-0.2, 0) is 13.0 Å². The van der Waals surface area contributed by atoms with Crippen LogP contribution >= 0.6 is 0 Å². The normalized spacial score (nSPS) is 17.4. The lowest BCUT2D eigenvalue weighted by molar-refractivity contribution is -0.0277. The van der Waals surface area contributed by atoms with E-state index >= 15 is 0 Å². The summed E-state index contributed by atoms with van der Waals surface area (Å²) in [7, 11) is 1.58. The van der Waals surface area contributed by atoms with Crippen molar-refractivity contribution >= 4 is 22.8 Å². The van der Waals surface area contributed by atoms with E-state index in [1.165, 1.54) is 0 Å². The average Bonchev–Trinajstić information content (AvgIpc) is 2.73. The van der Waals surface area contributed by atoms with Crippen molar-refractivity contribution in [3.05, 3.63) is 57.6 Å². The second-order valence-electron chi connectivity index (χ2n) is 8.61. The van der Waals surface area contributed by atoms with E-state index in [-0.39, 0.29) is 11.5 Å². The Labute approximate surface area is 179 Å². The van der Waals surface area contributed by atoms with E-state index in [4.69, 9.17) is 0 Å². The van der Waals surface area contributed by atoms with Crippen molar-refractivity contribution in [2.45, 2.75) is 19.9 Å². The summed E-state index contributed by atoms with van der Waals surface area (Å²) in [4.78, 5) is 35.8. The fourth-order valence-corrected chi connectivity index (χ4v) is 4.66. The minimum atomic E-state index is -0.230. The molecule has 2 aliphatic rings. The molecule has 31 heavy (non-hydrogen) atoms. The number of rotatable bonds is 5. The van der Waals surface area contributed by atoms with Crippen LogP contribution in [0.1, 0.15) is 28.5 Å². The molecule has 3 aromatic rings. The van der Waals surface area contributed by atoms with Gasteiger partial charge in [-0.25, -0.2) is 0 Å². The molecule has 0 atom stereocenters. The van der Waals surface area contributed by atoms with Crippen LogP contribution in [0.2, 0.25) is 0 Å². The highest BCUT2D eigenvalue weighted by atomic mass is 16.1. The van der Waals surface area contributed by atoms with Crippen molar-refractivity contribution in [1.82, 2.24) is 30.4 Å². The number of aromatic amines is 1. The predicted molar refractivity (Wildman–Crippen MR) is 117 cm³/mol. The zero-order valence-corrected chi connectivity index (χ0v) is 17.7. The summed E-state index contributed by atoms with van der Waals surface area (Å²) in [5, 5.41) is 10.8. The van der Waals surface area contributed by atoms with Crippen LogP contribution in [0.15, 0.2) is 35.3 Å². The molecule has 0 radical (unpaired) electrons. The number of nitrogens with zero attached hydrogens (tertiary/aromatic N) is 5. The first kappa shape index (κ1) is 19.6. The molecule has 9 heteroatoms. The number of carbonyl (C=O) groups is 1. The number of aryl methyl sites for hydroxylation is 1. The lowest BCUT2D eigenvalue weighted by Gasteiger charge is -2.60. The molecule has 1 spiro atoms. The Kier molecular flexibility index (Phi) is 4.70. The van der Waals surface area contributed by atoms with Crippen LogP contribution in [0.25, 0.3) is 11.0 Å². The Morgan fingerprint density at radius 2 is 2.00 bits per heavy atom. The fraction of sp³-hybridized carbons (Fsp3) is 0.409. The molecule has 5 heterocycles. The number of carbonyl (C=O) groups excluding carboxylic acids is 1. The molecular weight excluding hydrogens is 394 g/mol. The van der Waals surface area contributed by atoms with Gasteiger partial charge in [-0.05, 0) is 36.2 Å². The predicted octanol–water partition coefficient (Wildman–Crippen LogP) is 0.957. The van der Waals surface area contributed by atoms with Crippen molar-refractivity contribution in [3.8, 4) is 0 Å². The van der Waals surface area contributed by atoms with Gasteiger partial charge in [0.25, 0.3) is 11.5 Å². The van der Waals surface area contributed by atoms with Gasteiger partial charge in [0.1, 0.15) is 0 Å². The van der Waals surface area contributed by atoms with Gasteiger partial charge in [-0.15, -0.1) is 10.2 Å². The summed E-state index contributed by atoms with van der Waals surface area (Å²) in [5.41, 5.74) is 4.09. The lowest BCUT2D eigenvalue weighted by atomic mass is 9.72. The van der Waals surface area contributed by atoms with Gasteiger partial charge >= 0.3 is 0 Å². The number of anilines is 1. The molecule has 0 saturated carbocycles. The molecule has 2 saturated heterocycles. The topological polar surface area (TPSA) is 107 Å². The third kappa shape index (κ3) is 3.54. The van der Waals surface area contributed by atoms with E-state index in [2.05, 4.69) is 35.3 Å². The Morgan fingerprint density at radius 3 is 2.68 bits per heavy atom.